The molecule has 0 atom stereocenters. The molecule has 3 N–H and O–H groups in total. The number of hydrogen-bond acceptors (Lipinski definition) is 6. The Bertz CT molecular complexity index is 686. The Kier molecular flexibility index (Phi) is 7.56. The number of anilines is 2. The number of hydrogen-bond donors (Lipinski definition) is 3. The fourth-order valence-electron chi connectivity index (χ4n) is 2.96. The fraction of sp³-hybridized carbons (Fsp3) is 0.500. The van der Waals surface area contributed by atoms with Crippen LogP contribution >= 0.6 is 0 Å². The molecule has 1 heterocycles. The molecule has 148 valence electrons. The number of benzene rings is 1. The van der Waals surface area contributed by atoms with Crippen LogP contribution in [0.4, 0.5) is 11.4 Å². The zero-order valence-electron chi connectivity index (χ0n) is 15.7. The van der Waals surface area contributed by atoms with E-state index in [1.54, 1.807) is 19.2 Å². The number of aromatic carboxylic acids is 1. The first-order valence-corrected chi connectivity index (χ1v) is 8.78. The number of carbonyl (C=O) groups is 3. The lowest BCUT2D eigenvalue weighted by molar-refractivity contribution is -0.122. The fourth-order valence-corrected chi connectivity index (χ4v) is 2.96. The molecule has 1 saturated heterocycles. The molecule has 27 heavy (non-hydrogen) atoms. The minimum Gasteiger partial charge on any atom is -0.478 e. The van der Waals surface area contributed by atoms with Crippen molar-refractivity contribution in [1.29, 1.82) is 0 Å². The Morgan fingerprint density at radius 1 is 1.19 bits per heavy atom. The number of nitrogens with zero attached hydrogens (tertiary/aromatic N) is 2. The van der Waals surface area contributed by atoms with Crippen molar-refractivity contribution in [2.75, 3.05) is 63.2 Å². The summed E-state index contributed by atoms with van der Waals surface area (Å²) >= 11 is 0. The summed E-state index contributed by atoms with van der Waals surface area (Å²) in [5, 5.41) is 14.9. The minimum atomic E-state index is -1.04. The van der Waals surface area contributed by atoms with E-state index in [1.165, 1.54) is 13.0 Å². The predicted octanol–water partition coefficient (Wildman–Crippen LogP) is 0.228. The van der Waals surface area contributed by atoms with E-state index in [-0.39, 0.29) is 17.4 Å². The maximum atomic E-state index is 11.9. The maximum absolute atomic E-state index is 11.9. The Labute approximate surface area is 158 Å². The summed E-state index contributed by atoms with van der Waals surface area (Å²) in [6, 6.07) is 4.87. The molecule has 9 nitrogen and oxygen atoms in total. The number of ether oxygens (including phenoxy) is 1. The molecule has 1 aliphatic heterocycles. The van der Waals surface area contributed by atoms with Crippen LogP contribution in [0.2, 0.25) is 0 Å². The van der Waals surface area contributed by atoms with E-state index in [0.717, 1.165) is 0 Å². The van der Waals surface area contributed by atoms with Gasteiger partial charge in [-0.3, -0.25) is 14.5 Å². The van der Waals surface area contributed by atoms with Gasteiger partial charge in [0.05, 0.1) is 24.4 Å². The van der Waals surface area contributed by atoms with E-state index in [2.05, 4.69) is 10.6 Å². The molecule has 0 spiro atoms. The minimum absolute atomic E-state index is 0.0496. The summed E-state index contributed by atoms with van der Waals surface area (Å²) in [4.78, 5) is 38.7. The molecule has 0 aromatic heterocycles. The monoisotopic (exact) mass is 378 g/mol. The van der Waals surface area contributed by atoms with Crippen LogP contribution in [-0.2, 0) is 14.3 Å². The second-order valence-electron chi connectivity index (χ2n) is 6.32. The maximum Gasteiger partial charge on any atom is 0.337 e. The first kappa shape index (κ1) is 20.7. The Hall–Kier alpha value is -2.65. The van der Waals surface area contributed by atoms with Crippen molar-refractivity contribution in [3.63, 3.8) is 0 Å². The van der Waals surface area contributed by atoms with E-state index < -0.39 is 5.97 Å². The third kappa shape index (κ3) is 6.22. The van der Waals surface area contributed by atoms with Gasteiger partial charge in [0.1, 0.15) is 0 Å². The van der Waals surface area contributed by atoms with Gasteiger partial charge in [0.15, 0.2) is 0 Å². The molecule has 0 bridgehead atoms. The van der Waals surface area contributed by atoms with E-state index in [0.29, 0.717) is 57.3 Å². The van der Waals surface area contributed by atoms with Crippen LogP contribution in [0.25, 0.3) is 0 Å². The number of piperazine rings is 1. The third-order valence-corrected chi connectivity index (χ3v) is 4.26. The van der Waals surface area contributed by atoms with Gasteiger partial charge in [0.25, 0.3) is 0 Å². The number of carboxylic acids is 1. The van der Waals surface area contributed by atoms with Crippen LogP contribution in [0.3, 0.4) is 0 Å². The van der Waals surface area contributed by atoms with E-state index in [9.17, 15) is 19.5 Å². The molecular formula is C18H26N4O5. The van der Waals surface area contributed by atoms with Crippen molar-refractivity contribution in [1.82, 2.24) is 10.2 Å². The Balaban J connectivity index is 1.96. The smallest absolute Gasteiger partial charge is 0.337 e. The molecule has 2 rings (SSSR count). The van der Waals surface area contributed by atoms with Gasteiger partial charge in [-0.1, -0.05) is 0 Å². The van der Waals surface area contributed by atoms with Crippen LogP contribution < -0.4 is 15.5 Å². The molecule has 0 aliphatic carbocycles. The average molecular weight is 378 g/mol. The van der Waals surface area contributed by atoms with Crippen LogP contribution in [0.5, 0.6) is 0 Å². The van der Waals surface area contributed by atoms with Crippen molar-refractivity contribution in [2.24, 2.45) is 0 Å². The van der Waals surface area contributed by atoms with Gasteiger partial charge in [-0.05, 0) is 18.2 Å². The summed E-state index contributed by atoms with van der Waals surface area (Å²) in [5.41, 5.74) is 1.21. The summed E-state index contributed by atoms with van der Waals surface area (Å²) in [5.74, 6) is -1.35. The molecule has 2 amide bonds. The standard InChI is InChI=1S/C18H26N4O5/c1-13(23)20-14-3-4-16(15(11-14)18(25)26)22-8-6-21(7-9-22)12-17(24)19-5-10-27-2/h3-4,11H,5-10,12H2,1-2H3,(H,19,24)(H,20,23)(H,25,26). The number of carboxylic acid groups (broad SMARTS) is 1. The van der Waals surface area contributed by atoms with Gasteiger partial charge >= 0.3 is 5.97 Å². The molecule has 0 radical (unpaired) electrons. The summed E-state index contributed by atoms with van der Waals surface area (Å²) in [6.07, 6.45) is 0. The topological polar surface area (TPSA) is 111 Å². The lowest BCUT2D eigenvalue weighted by Crippen LogP contribution is -2.50. The molecule has 0 saturated carbocycles. The number of rotatable bonds is 8. The number of methoxy groups -OCH3 is 1. The number of carbonyl (C=O) groups excluding carboxylic acids is 2. The van der Waals surface area contributed by atoms with Crippen LogP contribution in [0.15, 0.2) is 18.2 Å². The first-order chi connectivity index (χ1) is 12.9. The average Bonchev–Trinajstić information content (AvgIpc) is 2.62. The van der Waals surface area contributed by atoms with E-state index in [4.69, 9.17) is 4.74 Å². The quantitative estimate of drug-likeness (QED) is 0.555. The lowest BCUT2D eigenvalue weighted by Gasteiger charge is -2.36. The van der Waals surface area contributed by atoms with Crippen molar-refractivity contribution in [2.45, 2.75) is 6.92 Å². The van der Waals surface area contributed by atoms with Gasteiger partial charge in [0.2, 0.25) is 11.8 Å². The highest BCUT2D eigenvalue weighted by molar-refractivity contribution is 5.97. The third-order valence-electron chi connectivity index (χ3n) is 4.26. The Morgan fingerprint density at radius 2 is 1.89 bits per heavy atom. The van der Waals surface area contributed by atoms with Crippen LogP contribution in [0.1, 0.15) is 17.3 Å². The van der Waals surface area contributed by atoms with Crippen molar-refractivity contribution in [3.8, 4) is 0 Å². The normalized spacial score (nSPS) is 14.7. The molecule has 1 aliphatic rings. The lowest BCUT2D eigenvalue weighted by atomic mass is 10.1. The van der Waals surface area contributed by atoms with Crippen molar-refractivity contribution < 1.29 is 24.2 Å². The second kappa shape index (κ2) is 9.89. The van der Waals surface area contributed by atoms with Gasteiger partial charge in [-0.2, -0.15) is 0 Å². The largest absolute Gasteiger partial charge is 0.478 e. The summed E-state index contributed by atoms with van der Waals surface area (Å²) < 4.78 is 4.90. The molecular weight excluding hydrogens is 352 g/mol. The van der Waals surface area contributed by atoms with Crippen molar-refractivity contribution in [3.05, 3.63) is 23.8 Å². The SMILES string of the molecule is COCCNC(=O)CN1CCN(c2ccc(NC(C)=O)cc2C(=O)O)CC1. The highest BCUT2D eigenvalue weighted by Crippen LogP contribution is 2.25. The van der Waals surface area contributed by atoms with Gasteiger partial charge in [-0.25, -0.2) is 4.79 Å². The first-order valence-electron chi connectivity index (χ1n) is 8.78. The summed E-state index contributed by atoms with van der Waals surface area (Å²) in [7, 11) is 1.58. The highest BCUT2D eigenvalue weighted by Gasteiger charge is 2.23. The van der Waals surface area contributed by atoms with E-state index >= 15 is 0 Å². The number of amides is 2. The van der Waals surface area contributed by atoms with Crippen molar-refractivity contribution >= 4 is 29.2 Å². The zero-order chi connectivity index (χ0) is 19.8. The van der Waals surface area contributed by atoms with Gasteiger partial charge in [0, 0.05) is 52.4 Å². The second-order valence-corrected chi connectivity index (χ2v) is 6.32. The Morgan fingerprint density at radius 3 is 2.48 bits per heavy atom. The molecule has 0 unspecified atom stereocenters. The zero-order valence-corrected chi connectivity index (χ0v) is 15.7. The van der Waals surface area contributed by atoms with E-state index in [1.807, 2.05) is 9.80 Å². The molecule has 1 aromatic rings. The van der Waals surface area contributed by atoms with Gasteiger partial charge < -0.3 is 25.4 Å². The number of nitrogens with one attached hydrogen (secondary N) is 2. The van der Waals surface area contributed by atoms with Crippen LogP contribution in [0, 0.1) is 0 Å². The summed E-state index contributed by atoms with van der Waals surface area (Å²) in [6.45, 7) is 5.19. The van der Waals surface area contributed by atoms with Crippen LogP contribution in [-0.4, -0.2) is 80.8 Å². The highest BCUT2D eigenvalue weighted by atomic mass is 16.5. The molecule has 1 aromatic carbocycles. The van der Waals surface area contributed by atoms with Gasteiger partial charge in [-0.15, -0.1) is 0 Å². The molecule has 9 heteroatoms. The predicted molar refractivity (Wildman–Crippen MR) is 101 cm³/mol. The molecule has 1 fully saturated rings.